The maximum atomic E-state index is 11.3. The topological polar surface area (TPSA) is 42.2 Å². The van der Waals surface area contributed by atoms with Crippen molar-refractivity contribution < 1.29 is 9.90 Å². The van der Waals surface area contributed by atoms with Gasteiger partial charge in [0, 0.05) is 17.9 Å². The number of carbonyl (C=O) groups is 1. The summed E-state index contributed by atoms with van der Waals surface area (Å²) in [7, 11) is 0. The molecule has 0 spiro atoms. The van der Waals surface area contributed by atoms with E-state index in [2.05, 4.69) is 35.8 Å². The molecule has 0 atom stereocenters. The lowest BCUT2D eigenvalue weighted by atomic mass is 10.1. The Kier molecular flexibility index (Phi) is 4.28. The smallest absolute Gasteiger partial charge is 0.337 e. The van der Waals surface area contributed by atoms with Crippen molar-refractivity contribution in [2.24, 2.45) is 0 Å². The molecule has 1 aromatic carbocycles. The zero-order valence-corrected chi connectivity index (χ0v) is 12.3. The second kappa shape index (κ2) is 5.95. The summed E-state index contributed by atoms with van der Waals surface area (Å²) in [4.78, 5) is 11.3. The highest BCUT2D eigenvalue weighted by Gasteiger charge is 2.16. The van der Waals surface area contributed by atoms with E-state index in [1.807, 2.05) is 13.8 Å². The number of aryl methyl sites for hydroxylation is 1. The average molecular weight is 271 g/mol. The van der Waals surface area contributed by atoms with E-state index in [1.165, 1.54) is 5.56 Å². The number of carboxylic acids is 1. The lowest BCUT2D eigenvalue weighted by molar-refractivity contribution is 0.0696. The summed E-state index contributed by atoms with van der Waals surface area (Å²) in [6.45, 7) is 6.83. The van der Waals surface area contributed by atoms with Crippen LogP contribution in [-0.4, -0.2) is 15.6 Å². The number of benzene rings is 1. The number of hydrogen-bond donors (Lipinski definition) is 1. The van der Waals surface area contributed by atoms with Crippen molar-refractivity contribution in [3.05, 3.63) is 47.2 Å². The molecule has 1 heterocycles. The first kappa shape index (κ1) is 14.4. The normalized spacial score (nSPS) is 10.8. The second-order valence-electron chi connectivity index (χ2n) is 5.02. The van der Waals surface area contributed by atoms with Gasteiger partial charge in [-0.15, -0.1) is 0 Å². The molecule has 0 radical (unpaired) electrons. The molecule has 1 aromatic heterocycles. The van der Waals surface area contributed by atoms with E-state index in [1.54, 1.807) is 6.07 Å². The van der Waals surface area contributed by atoms with Crippen molar-refractivity contribution in [3.63, 3.8) is 0 Å². The SMILES string of the molecule is CCCc1ccc(-c2cc(C(=O)O)c(C)n2CC)cc1. The van der Waals surface area contributed by atoms with Crippen LogP contribution in [0.4, 0.5) is 0 Å². The van der Waals surface area contributed by atoms with Crippen LogP contribution in [0.5, 0.6) is 0 Å². The van der Waals surface area contributed by atoms with Gasteiger partial charge in [-0.3, -0.25) is 0 Å². The molecule has 0 saturated carbocycles. The van der Waals surface area contributed by atoms with E-state index in [0.717, 1.165) is 36.3 Å². The third kappa shape index (κ3) is 2.62. The van der Waals surface area contributed by atoms with Crippen molar-refractivity contribution in [2.75, 3.05) is 0 Å². The number of rotatable bonds is 5. The van der Waals surface area contributed by atoms with Gasteiger partial charge >= 0.3 is 5.97 Å². The third-order valence-electron chi connectivity index (χ3n) is 3.70. The highest BCUT2D eigenvalue weighted by molar-refractivity contribution is 5.91. The molecule has 0 unspecified atom stereocenters. The lowest BCUT2D eigenvalue weighted by Crippen LogP contribution is -2.02. The first-order valence-corrected chi connectivity index (χ1v) is 7.11. The van der Waals surface area contributed by atoms with Crippen LogP contribution in [0.2, 0.25) is 0 Å². The van der Waals surface area contributed by atoms with Crippen LogP contribution in [0.1, 0.15) is 41.9 Å². The first-order chi connectivity index (χ1) is 9.58. The van der Waals surface area contributed by atoms with E-state index < -0.39 is 5.97 Å². The molecule has 0 amide bonds. The maximum absolute atomic E-state index is 11.3. The Labute approximate surface area is 119 Å². The van der Waals surface area contributed by atoms with E-state index >= 15 is 0 Å². The van der Waals surface area contributed by atoms with Crippen LogP contribution >= 0.6 is 0 Å². The summed E-state index contributed by atoms with van der Waals surface area (Å²) in [6.07, 6.45) is 2.21. The Bertz CT molecular complexity index is 609. The molecule has 0 saturated heterocycles. The number of nitrogens with zero attached hydrogens (tertiary/aromatic N) is 1. The zero-order chi connectivity index (χ0) is 14.7. The van der Waals surface area contributed by atoms with Crippen LogP contribution < -0.4 is 0 Å². The highest BCUT2D eigenvalue weighted by atomic mass is 16.4. The van der Waals surface area contributed by atoms with Crippen molar-refractivity contribution >= 4 is 5.97 Å². The molecule has 106 valence electrons. The maximum Gasteiger partial charge on any atom is 0.337 e. The van der Waals surface area contributed by atoms with E-state index in [-0.39, 0.29) is 0 Å². The van der Waals surface area contributed by atoms with Crippen molar-refractivity contribution in [2.45, 2.75) is 40.2 Å². The molecule has 0 fully saturated rings. The van der Waals surface area contributed by atoms with Crippen molar-refractivity contribution in [1.29, 1.82) is 0 Å². The molecule has 1 N–H and O–H groups in total. The van der Waals surface area contributed by atoms with Crippen LogP contribution in [0.15, 0.2) is 30.3 Å². The van der Waals surface area contributed by atoms with Crippen LogP contribution in [-0.2, 0) is 13.0 Å². The summed E-state index contributed by atoms with van der Waals surface area (Å²) < 4.78 is 2.05. The molecule has 20 heavy (non-hydrogen) atoms. The molecule has 0 bridgehead atoms. The first-order valence-electron chi connectivity index (χ1n) is 7.11. The number of aromatic nitrogens is 1. The summed E-state index contributed by atoms with van der Waals surface area (Å²) in [5.41, 5.74) is 4.57. The molecular weight excluding hydrogens is 250 g/mol. The fraction of sp³-hybridized carbons (Fsp3) is 0.353. The van der Waals surface area contributed by atoms with Crippen molar-refractivity contribution in [1.82, 2.24) is 4.57 Å². The van der Waals surface area contributed by atoms with Crippen LogP contribution in [0.3, 0.4) is 0 Å². The van der Waals surface area contributed by atoms with E-state index in [0.29, 0.717) is 5.56 Å². The summed E-state index contributed by atoms with van der Waals surface area (Å²) >= 11 is 0. The number of aromatic carboxylic acids is 1. The zero-order valence-electron chi connectivity index (χ0n) is 12.3. The largest absolute Gasteiger partial charge is 0.478 e. The van der Waals surface area contributed by atoms with Crippen LogP contribution in [0, 0.1) is 6.92 Å². The molecule has 2 rings (SSSR count). The summed E-state index contributed by atoms with van der Waals surface area (Å²) in [5.74, 6) is -0.862. The molecule has 2 aromatic rings. The monoisotopic (exact) mass is 271 g/mol. The molecular formula is C17H21NO2. The van der Waals surface area contributed by atoms with Gasteiger partial charge in [-0.1, -0.05) is 37.6 Å². The minimum atomic E-state index is -0.862. The van der Waals surface area contributed by atoms with Gasteiger partial charge in [0.2, 0.25) is 0 Å². The van der Waals surface area contributed by atoms with Crippen LogP contribution in [0.25, 0.3) is 11.3 Å². The highest BCUT2D eigenvalue weighted by Crippen LogP contribution is 2.26. The standard InChI is InChI=1S/C17H21NO2/c1-4-6-13-7-9-14(10-8-13)16-11-15(17(19)20)12(3)18(16)5-2/h7-11H,4-6H2,1-3H3,(H,19,20). The van der Waals surface area contributed by atoms with Gasteiger partial charge in [0.05, 0.1) is 5.56 Å². The van der Waals surface area contributed by atoms with Crippen molar-refractivity contribution in [3.8, 4) is 11.3 Å². The fourth-order valence-corrected chi connectivity index (χ4v) is 2.64. The predicted molar refractivity (Wildman–Crippen MR) is 81.2 cm³/mol. The van der Waals surface area contributed by atoms with Gasteiger partial charge in [-0.25, -0.2) is 4.79 Å². The number of hydrogen-bond acceptors (Lipinski definition) is 1. The van der Waals surface area contributed by atoms with Gasteiger partial charge in [0.1, 0.15) is 0 Å². The number of carboxylic acid groups (broad SMARTS) is 1. The Morgan fingerprint density at radius 3 is 2.35 bits per heavy atom. The molecule has 3 heteroatoms. The van der Waals surface area contributed by atoms with Gasteiger partial charge in [-0.05, 0) is 37.5 Å². The van der Waals surface area contributed by atoms with E-state index in [9.17, 15) is 9.90 Å². The molecule has 0 aliphatic rings. The average Bonchev–Trinajstić information content (AvgIpc) is 2.77. The van der Waals surface area contributed by atoms with E-state index in [4.69, 9.17) is 0 Å². The van der Waals surface area contributed by atoms with Gasteiger partial charge in [0.15, 0.2) is 0 Å². The minimum absolute atomic E-state index is 0.388. The summed E-state index contributed by atoms with van der Waals surface area (Å²) in [6, 6.07) is 10.2. The third-order valence-corrected chi connectivity index (χ3v) is 3.70. The summed E-state index contributed by atoms with van der Waals surface area (Å²) in [5, 5.41) is 9.25. The molecule has 0 aliphatic carbocycles. The van der Waals surface area contributed by atoms with Gasteiger partial charge < -0.3 is 9.67 Å². The minimum Gasteiger partial charge on any atom is -0.478 e. The predicted octanol–water partition coefficient (Wildman–Crippen LogP) is 4.13. The second-order valence-corrected chi connectivity index (χ2v) is 5.02. The van der Waals surface area contributed by atoms with Gasteiger partial charge in [0.25, 0.3) is 0 Å². The molecule has 0 aliphatic heterocycles. The Morgan fingerprint density at radius 1 is 1.20 bits per heavy atom. The lowest BCUT2D eigenvalue weighted by Gasteiger charge is -2.09. The Hall–Kier alpha value is -2.03. The van der Waals surface area contributed by atoms with Gasteiger partial charge in [-0.2, -0.15) is 0 Å². The fourth-order valence-electron chi connectivity index (χ4n) is 2.64. The quantitative estimate of drug-likeness (QED) is 0.888. The Morgan fingerprint density at radius 2 is 1.85 bits per heavy atom. The molecule has 3 nitrogen and oxygen atoms in total. The Balaban J connectivity index is 2.46.